The van der Waals surface area contributed by atoms with Gasteiger partial charge in [-0.25, -0.2) is 0 Å². The Morgan fingerprint density at radius 3 is 2.46 bits per heavy atom. The molecule has 2 N–H and O–H groups in total. The van der Waals surface area contributed by atoms with E-state index in [-0.39, 0.29) is 5.54 Å². The Morgan fingerprint density at radius 2 is 1.92 bits per heavy atom. The van der Waals surface area contributed by atoms with Gasteiger partial charge in [0.15, 0.2) is 0 Å². The van der Waals surface area contributed by atoms with Gasteiger partial charge < -0.3 is 5.73 Å². The minimum Gasteiger partial charge on any atom is -0.321 e. The highest BCUT2D eigenvalue weighted by Gasteiger charge is 2.42. The molecule has 0 atom stereocenters. The molecule has 0 aliphatic heterocycles. The summed E-state index contributed by atoms with van der Waals surface area (Å²) in [5, 5.41) is 0. The van der Waals surface area contributed by atoms with Crippen LogP contribution in [-0.4, -0.2) is 0 Å². The summed E-state index contributed by atoms with van der Waals surface area (Å²) in [5.41, 5.74) is 10.2. The standard InChI is InChI=1S/C11H14BrN/c1-7-3-4-9(12)8(2)10(7)11(13)5-6-11/h3-4H,5-6,13H2,1-2H3. The zero-order valence-corrected chi connectivity index (χ0v) is 9.61. The van der Waals surface area contributed by atoms with E-state index in [0.29, 0.717) is 0 Å². The molecule has 1 aromatic rings. The molecule has 1 aliphatic carbocycles. The Labute approximate surface area is 87.5 Å². The summed E-state index contributed by atoms with van der Waals surface area (Å²) in [7, 11) is 0. The first-order valence-corrected chi connectivity index (χ1v) is 5.39. The van der Waals surface area contributed by atoms with Crippen LogP contribution in [0.15, 0.2) is 16.6 Å². The molecule has 1 nitrogen and oxygen atoms in total. The summed E-state index contributed by atoms with van der Waals surface area (Å²) in [6.07, 6.45) is 2.26. The van der Waals surface area contributed by atoms with Crippen molar-refractivity contribution in [2.75, 3.05) is 0 Å². The zero-order valence-electron chi connectivity index (χ0n) is 8.02. The Kier molecular flexibility index (Phi) is 2.00. The van der Waals surface area contributed by atoms with Gasteiger partial charge in [-0.05, 0) is 49.4 Å². The normalized spacial score (nSPS) is 18.8. The van der Waals surface area contributed by atoms with E-state index in [1.165, 1.54) is 21.2 Å². The molecule has 0 aromatic heterocycles. The third-order valence-corrected chi connectivity index (χ3v) is 3.75. The van der Waals surface area contributed by atoms with Crippen molar-refractivity contribution in [3.8, 4) is 0 Å². The van der Waals surface area contributed by atoms with E-state index in [1.807, 2.05) is 0 Å². The minimum absolute atomic E-state index is 0.0159. The second-order valence-corrected chi connectivity index (χ2v) is 4.87. The van der Waals surface area contributed by atoms with Gasteiger partial charge in [0, 0.05) is 10.0 Å². The lowest BCUT2D eigenvalue weighted by Gasteiger charge is -2.17. The summed E-state index contributed by atoms with van der Waals surface area (Å²) in [4.78, 5) is 0. The van der Waals surface area contributed by atoms with Gasteiger partial charge in [-0.1, -0.05) is 22.0 Å². The van der Waals surface area contributed by atoms with Gasteiger partial charge in [-0.15, -0.1) is 0 Å². The lowest BCUT2D eigenvalue weighted by atomic mass is 9.95. The summed E-state index contributed by atoms with van der Waals surface area (Å²) >= 11 is 3.54. The fourth-order valence-electron chi connectivity index (χ4n) is 1.97. The number of benzene rings is 1. The second-order valence-electron chi connectivity index (χ2n) is 4.02. The molecular weight excluding hydrogens is 226 g/mol. The molecule has 0 amide bonds. The van der Waals surface area contributed by atoms with Crippen LogP contribution in [0, 0.1) is 13.8 Å². The first kappa shape index (κ1) is 9.22. The van der Waals surface area contributed by atoms with Crippen molar-refractivity contribution in [3.05, 3.63) is 33.3 Å². The van der Waals surface area contributed by atoms with Crippen LogP contribution in [0.1, 0.15) is 29.5 Å². The predicted octanol–water partition coefficient (Wildman–Crippen LogP) is 3.01. The zero-order chi connectivity index (χ0) is 9.64. The third kappa shape index (κ3) is 1.42. The van der Waals surface area contributed by atoms with Crippen molar-refractivity contribution in [2.24, 2.45) is 5.73 Å². The molecule has 0 saturated heterocycles. The molecule has 1 fully saturated rings. The van der Waals surface area contributed by atoms with E-state index in [9.17, 15) is 0 Å². The van der Waals surface area contributed by atoms with Gasteiger partial charge in [-0.2, -0.15) is 0 Å². The van der Waals surface area contributed by atoms with Gasteiger partial charge >= 0.3 is 0 Å². The first-order valence-electron chi connectivity index (χ1n) is 4.60. The SMILES string of the molecule is Cc1ccc(Br)c(C)c1C1(N)CC1. The number of nitrogens with two attached hydrogens (primary N) is 1. The van der Waals surface area contributed by atoms with Crippen LogP contribution in [0.25, 0.3) is 0 Å². The highest BCUT2D eigenvalue weighted by atomic mass is 79.9. The van der Waals surface area contributed by atoms with Crippen molar-refractivity contribution >= 4 is 15.9 Å². The second kappa shape index (κ2) is 2.82. The Balaban J connectivity index is 2.61. The van der Waals surface area contributed by atoms with E-state index < -0.39 is 0 Å². The topological polar surface area (TPSA) is 26.0 Å². The largest absolute Gasteiger partial charge is 0.321 e. The van der Waals surface area contributed by atoms with Crippen molar-refractivity contribution in [1.82, 2.24) is 0 Å². The molecule has 2 rings (SSSR count). The molecule has 0 spiro atoms. The van der Waals surface area contributed by atoms with Crippen molar-refractivity contribution in [1.29, 1.82) is 0 Å². The lowest BCUT2D eigenvalue weighted by molar-refractivity contribution is 0.725. The third-order valence-electron chi connectivity index (χ3n) is 2.89. The van der Waals surface area contributed by atoms with E-state index in [1.54, 1.807) is 0 Å². The van der Waals surface area contributed by atoms with Crippen molar-refractivity contribution in [3.63, 3.8) is 0 Å². The maximum atomic E-state index is 6.22. The molecular formula is C11H14BrN. The summed E-state index contributed by atoms with van der Waals surface area (Å²) < 4.78 is 1.17. The van der Waals surface area contributed by atoms with Gasteiger partial charge in [0.05, 0.1) is 0 Å². The average molecular weight is 240 g/mol. The van der Waals surface area contributed by atoms with Crippen molar-refractivity contribution in [2.45, 2.75) is 32.2 Å². The number of rotatable bonds is 1. The molecule has 2 heteroatoms. The molecule has 0 bridgehead atoms. The molecule has 70 valence electrons. The maximum Gasteiger partial charge on any atom is 0.0416 e. The Bertz CT molecular complexity index is 353. The molecule has 1 aromatic carbocycles. The van der Waals surface area contributed by atoms with Gasteiger partial charge in [0.25, 0.3) is 0 Å². The molecule has 0 radical (unpaired) electrons. The van der Waals surface area contributed by atoms with Crippen LogP contribution in [0.5, 0.6) is 0 Å². The Morgan fingerprint density at radius 1 is 1.31 bits per heavy atom. The monoisotopic (exact) mass is 239 g/mol. The Hall–Kier alpha value is -0.340. The highest BCUT2D eigenvalue weighted by Crippen LogP contribution is 2.46. The summed E-state index contributed by atoms with van der Waals surface area (Å²) in [6, 6.07) is 4.24. The van der Waals surface area contributed by atoms with E-state index >= 15 is 0 Å². The van der Waals surface area contributed by atoms with Crippen LogP contribution in [0.2, 0.25) is 0 Å². The summed E-state index contributed by atoms with van der Waals surface area (Å²) in [5.74, 6) is 0. The van der Waals surface area contributed by atoms with Gasteiger partial charge in [0.1, 0.15) is 0 Å². The van der Waals surface area contributed by atoms with Crippen LogP contribution in [0.4, 0.5) is 0 Å². The van der Waals surface area contributed by atoms with E-state index in [2.05, 4.69) is 41.9 Å². The number of hydrogen-bond donors (Lipinski definition) is 1. The molecule has 1 saturated carbocycles. The molecule has 0 unspecified atom stereocenters. The predicted molar refractivity (Wildman–Crippen MR) is 58.7 cm³/mol. The number of hydrogen-bond acceptors (Lipinski definition) is 1. The fraction of sp³-hybridized carbons (Fsp3) is 0.455. The van der Waals surface area contributed by atoms with Crippen molar-refractivity contribution < 1.29 is 0 Å². The molecule has 0 heterocycles. The summed E-state index contributed by atoms with van der Waals surface area (Å²) in [6.45, 7) is 4.28. The van der Waals surface area contributed by atoms with Crippen LogP contribution >= 0.6 is 15.9 Å². The number of halogens is 1. The highest BCUT2D eigenvalue weighted by molar-refractivity contribution is 9.10. The van der Waals surface area contributed by atoms with Crippen LogP contribution in [0.3, 0.4) is 0 Å². The van der Waals surface area contributed by atoms with Crippen LogP contribution in [-0.2, 0) is 5.54 Å². The van der Waals surface area contributed by atoms with Gasteiger partial charge in [0.2, 0.25) is 0 Å². The molecule has 13 heavy (non-hydrogen) atoms. The fourth-order valence-corrected chi connectivity index (χ4v) is 2.30. The van der Waals surface area contributed by atoms with E-state index in [4.69, 9.17) is 5.73 Å². The van der Waals surface area contributed by atoms with E-state index in [0.717, 1.165) is 12.8 Å². The quantitative estimate of drug-likeness (QED) is 0.802. The minimum atomic E-state index is -0.0159. The number of aryl methyl sites for hydroxylation is 1. The van der Waals surface area contributed by atoms with Gasteiger partial charge in [-0.3, -0.25) is 0 Å². The smallest absolute Gasteiger partial charge is 0.0416 e. The average Bonchev–Trinajstić information content (AvgIpc) is 2.78. The molecule has 1 aliphatic rings. The van der Waals surface area contributed by atoms with Crippen LogP contribution < -0.4 is 5.73 Å². The maximum absolute atomic E-state index is 6.22. The lowest BCUT2D eigenvalue weighted by Crippen LogP contribution is -2.21. The first-order chi connectivity index (χ1) is 6.04.